The number of hydrogen-bond acceptors (Lipinski definition) is 6. The highest BCUT2D eigenvalue weighted by Crippen LogP contribution is 2.09. The molecule has 0 radical (unpaired) electrons. The van der Waals surface area contributed by atoms with Crippen LogP contribution in [0.1, 0.15) is 0 Å². The van der Waals surface area contributed by atoms with Crippen LogP contribution in [-0.4, -0.2) is 11.6 Å². The van der Waals surface area contributed by atoms with Crippen LogP contribution < -0.4 is 19.7 Å². The second-order valence-electron chi connectivity index (χ2n) is 3.58. The number of aromatic nitrogens is 2. The molecule has 7 heteroatoms. The van der Waals surface area contributed by atoms with Crippen LogP contribution in [0.2, 0.25) is 0 Å². The molecule has 0 bridgehead atoms. The Morgan fingerprint density at radius 3 is 2.84 bits per heavy atom. The van der Waals surface area contributed by atoms with Gasteiger partial charge in [0.1, 0.15) is 10.5 Å². The lowest BCUT2D eigenvalue weighted by Gasteiger charge is -2.02. The normalized spacial score (nSPS) is 13.9. The molecule has 0 unspecified atom stereocenters. The molecule has 1 aromatic heterocycles. The summed E-state index contributed by atoms with van der Waals surface area (Å²) in [6.45, 7) is 0. The minimum absolute atomic E-state index is 0.361. The number of benzene rings is 1. The monoisotopic (exact) mass is 276 g/mol. The molecule has 0 aliphatic rings. The van der Waals surface area contributed by atoms with Crippen molar-refractivity contribution in [3.63, 3.8) is 0 Å². The summed E-state index contributed by atoms with van der Waals surface area (Å²) >= 11 is 1.16. The predicted molar refractivity (Wildman–Crippen MR) is 68.4 cm³/mol. The van der Waals surface area contributed by atoms with E-state index in [1.54, 1.807) is 7.05 Å². The van der Waals surface area contributed by atoms with Gasteiger partial charge in [-0.15, -0.1) is 0 Å². The molecular formula is C12H12N4O2S. The summed E-state index contributed by atoms with van der Waals surface area (Å²) in [4.78, 5) is 0. The summed E-state index contributed by atoms with van der Waals surface area (Å²) in [5.41, 5.74) is 0.743. The lowest BCUT2D eigenvalue weighted by atomic mass is 10.3. The van der Waals surface area contributed by atoms with Crippen molar-refractivity contribution in [1.82, 2.24) is 4.49 Å². The van der Waals surface area contributed by atoms with E-state index in [1.165, 1.54) is 18.0 Å². The van der Waals surface area contributed by atoms with E-state index in [-0.39, 0.29) is 0 Å². The summed E-state index contributed by atoms with van der Waals surface area (Å²) in [6.07, 6.45) is 1.50. The summed E-state index contributed by atoms with van der Waals surface area (Å²) in [5.74, 6) is -0.447. The SMILES string of the molecule is CO/C([O-])=c1/c(=C/N=Nc2ccccc2)sn[n+]1C. The number of azo groups is 1. The molecule has 19 heavy (non-hydrogen) atoms. The third kappa shape index (κ3) is 3.14. The molecule has 6 nitrogen and oxygen atoms in total. The lowest BCUT2D eigenvalue weighted by Crippen LogP contribution is -2.54. The van der Waals surface area contributed by atoms with Crippen molar-refractivity contribution in [2.45, 2.75) is 0 Å². The van der Waals surface area contributed by atoms with Gasteiger partial charge in [0.25, 0.3) is 5.35 Å². The van der Waals surface area contributed by atoms with E-state index in [2.05, 4.69) is 14.7 Å². The minimum atomic E-state index is -0.447. The van der Waals surface area contributed by atoms with Crippen LogP contribution in [0, 0.1) is 0 Å². The number of aryl methyl sites for hydroxylation is 1. The summed E-state index contributed by atoms with van der Waals surface area (Å²) in [7, 11) is 3.00. The first-order valence-electron chi connectivity index (χ1n) is 5.46. The van der Waals surface area contributed by atoms with Crippen LogP contribution in [0.4, 0.5) is 5.69 Å². The van der Waals surface area contributed by atoms with E-state index in [4.69, 9.17) is 4.74 Å². The van der Waals surface area contributed by atoms with Gasteiger partial charge in [-0.3, -0.25) is 0 Å². The number of ether oxygens (including phenoxy) is 1. The molecule has 1 heterocycles. The van der Waals surface area contributed by atoms with E-state index < -0.39 is 5.95 Å². The second kappa shape index (κ2) is 6.05. The van der Waals surface area contributed by atoms with Crippen molar-refractivity contribution in [3.8, 4) is 0 Å². The molecule has 0 N–H and O–H groups in total. The molecule has 0 amide bonds. The highest BCUT2D eigenvalue weighted by molar-refractivity contribution is 7.02. The predicted octanol–water partition coefficient (Wildman–Crippen LogP) is -0.438. The zero-order valence-corrected chi connectivity index (χ0v) is 11.3. The van der Waals surface area contributed by atoms with Gasteiger partial charge >= 0.3 is 0 Å². The van der Waals surface area contributed by atoms with E-state index in [1.807, 2.05) is 30.3 Å². The lowest BCUT2D eigenvalue weighted by molar-refractivity contribution is -0.738. The molecular weight excluding hydrogens is 264 g/mol. The molecule has 0 fully saturated rings. The molecule has 0 saturated heterocycles. The fraction of sp³-hybridized carbons (Fsp3) is 0.167. The van der Waals surface area contributed by atoms with Gasteiger partial charge in [-0.05, 0) is 19.2 Å². The summed E-state index contributed by atoms with van der Waals surface area (Å²) in [6, 6.07) is 9.33. The minimum Gasteiger partial charge on any atom is -0.612 e. The van der Waals surface area contributed by atoms with Crippen molar-refractivity contribution in [2.24, 2.45) is 17.3 Å². The van der Waals surface area contributed by atoms with E-state index in [0.29, 0.717) is 9.88 Å². The van der Waals surface area contributed by atoms with E-state index in [0.717, 1.165) is 17.2 Å². The van der Waals surface area contributed by atoms with Gasteiger partial charge in [-0.25, -0.2) is 0 Å². The van der Waals surface area contributed by atoms with Crippen molar-refractivity contribution < 1.29 is 14.5 Å². The molecule has 98 valence electrons. The fourth-order valence-corrected chi connectivity index (χ4v) is 2.09. The Bertz CT molecular complexity index is 694. The molecule has 0 aliphatic heterocycles. The van der Waals surface area contributed by atoms with Crippen molar-refractivity contribution in [2.75, 3.05) is 7.11 Å². The zero-order valence-electron chi connectivity index (χ0n) is 10.5. The zero-order chi connectivity index (χ0) is 13.7. The van der Waals surface area contributed by atoms with Gasteiger partial charge in [-0.1, -0.05) is 22.9 Å². The largest absolute Gasteiger partial charge is 0.612 e. The first-order chi connectivity index (χ1) is 9.22. The van der Waals surface area contributed by atoms with Crippen LogP contribution in [0.15, 0.2) is 40.6 Å². The Labute approximate surface area is 113 Å². The number of methoxy groups -OCH3 is 1. The molecule has 0 aliphatic carbocycles. The maximum absolute atomic E-state index is 11.6. The van der Waals surface area contributed by atoms with Gasteiger partial charge in [0.05, 0.1) is 16.4 Å². The topological polar surface area (TPSA) is 73.8 Å². The number of nitrogens with zero attached hydrogens (tertiary/aromatic N) is 4. The van der Waals surface area contributed by atoms with E-state index >= 15 is 0 Å². The highest BCUT2D eigenvalue weighted by Gasteiger charge is 2.06. The molecule has 0 atom stereocenters. The fourth-order valence-electron chi connectivity index (χ4n) is 1.41. The van der Waals surface area contributed by atoms with Gasteiger partial charge in [0.2, 0.25) is 0 Å². The third-order valence-corrected chi connectivity index (χ3v) is 3.12. The standard InChI is InChI=1S/C12H12N4O2S/c1-16-11(12(17)18-2)10(19-15-16)8-13-14-9-6-4-3-5-7-9/h3-8H,1-2H3. The van der Waals surface area contributed by atoms with Crippen LogP contribution in [0.3, 0.4) is 0 Å². The Morgan fingerprint density at radius 2 is 2.16 bits per heavy atom. The van der Waals surface area contributed by atoms with Crippen LogP contribution in [0.5, 0.6) is 0 Å². The van der Waals surface area contributed by atoms with Crippen LogP contribution in [-0.2, 0) is 11.8 Å². The molecule has 0 spiro atoms. The first-order valence-corrected chi connectivity index (χ1v) is 6.23. The van der Waals surface area contributed by atoms with Gasteiger partial charge in [-0.2, -0.15) is 10.2 Å². The smallest absolute Gasteiger partial charge is 0.274 e. The summed E-state index contributed by atoms with van der Waals surface area (Å²) < 4.78 is 10.8. The molecule has 2 rings (SSSR count). The quantitative estimate of drug-likeness (QED) is 0.563. The van der Waals surface area contributed by atoms with Crippen molar-refractivity contribution >= 4 is 29.4 Å². The average molecular weight is 276 g/mol. The average Bonchev–Trinajstić information content (AvgIpc) is 2.80. The second-order valence-corrected chi connectivity index (χ2v) is 4.37. The van der Waals surface area contributed by atoms with Gasteiger partial charge in [0, 0.05) is 11.5 Å². The van der Waals surface area contributed by atoms with Crippen LogP contribution >= 0.6 is 11.5 Å². The highest BCUT2D eigenvalue weighted by atomic mass is 32.1. The first kappa shape index (κ1) is 13.2. The Morgan fingerprint density at radius 1 is 1.42 bits per heavy atom. The maximum Gasteiger partial charge on any atom is 0.274 e. The Balaban J connectivity index is 2.39. The van der Waals surface area contributed by atoms with Crippen molar-refractivity contribution in [3.05, 3.63) is 40.2 Å². The number of rotatable bonds is 3. The van der Waals surface area contributed by atoms with E-state index in [9.17, 15) is 5.11 Å². The molecule has 2 aromatic rings. The van der Waals surface area contributed by atoms with Crippen LogP contribution in [0.25, 0.3) is 12.1 Å². The van der Waals surface area contributed by atoms with Gasteiger partial charge in [0.15, 0.2) is 7.05 Å². The number of hydrogen-bond donors (Lipinski definition) is 0. The third-order valence-electron chi connectivity index (χ3n) is 2.30. The molecule has 0 saturated carbocycles. The maximum atomic E-state index is 11.6. The van der Waals surface area contributed by atoms with Gasteiger partial charge < -0.3 is 9.84 Å². The molecule has 1 aromatic carbocycles. The Hall–Kier alpha value is -2.28. The Kier molecular flexibility index (Phi) is 4.19. The van der Waals surface area contributed by atoms with Crippen molar-refractivity contribution in [1.29, 1.82) is 0 Å². The summed E-state index contributed by atoms with van der Waals surface area (Å²) in [5, 5.41) is 19.9.